The van der Waals surface area contributed by atoms with Crippen LogP contribution in [0.4, 0.5) is 11.4 Å². The maximum atomic E-state index is 11.9. The quantitative estimate of drug-likeness (QED) is 0.884. The highest BCUT2D eigenvalue weighted by Crippen LogP contribution is 2.39. The van der Waals surface area contributed by atoms with Crippen molar-refractivity contribution in [3.63, 3.8) is 0 Å². The van der Waals surface area contributed by atoms with Crippen molar-refractivity contribution in [3.8, 4) is 0 Å². The van der Waals surface area contributed by atoms with Crippen LogP contribution in [0.25, 0.3) is 0 Å². The molecule has 3 rings (SSSR count). The molecule has 0 bridgehead atoms. The zero-order chi connectivity index (χ0) is 13.6. The first-order chi connectivity index (χ1) is 9.06. The van der Waals surface area contributed by atoms with Crippen LogP contribution in [-0.2, 0) is 16.0 Å². The van der Waals surface area contributed by atoms with Crippen LogP contribution in [0.3, 0.4) is 0 Å². The zero-order valence-electron chi connectivity index (χ0n) is 11.3. The number of carbonyl (C=O) groups is 2. The van der Waals surface area contributed by atoms with E-state index >= 15 is 0 Å². The van der Waals surface area contributed by atoms with Crippen molar-refractivity contribution in [1.82, 2.24) is 0 Å². The molecule has 0 unspecified atom stereocenters. The number of nitrogens with one attached hydrogen (secondary N) is 1. The molecule has 1 saturated carbocycles. The van der Waals surface area contributed by atoms with E-state index in [1.807, 2.05) is 18.2 Å². The molecule has 1 aliphatic carbocycles. The summed E-state index contributed by atoms with van der Waals surface area (Å²) in [5, 5.41) is 2.97. The van der Waals surface area contributed by atoms with Gasteiger partial charge in [0.2, 0.25) is 11.8 Å². The molecule has 1 heterocycles. The van der Waals surface area contributed by atoms with Gasteiger partial charge in [0.1, 0.15) is 0 Å². The van der Waals surface area contributed by atoms with Gasteiger partial charge in [-0.15, -0.1) is 0 Å². The van der Waals surface area contributed by atoms with Crippen LogP contribution < -0.4 is 10.2 Å². The van der Waals surface area contributed by atoms with Gasteiger partial charge in [0.05, 0.1) is 0 Å². The van der Waals surface area contributed by atoms with E-state index in [2.05, 4.69) is 12.2 Å². The third-order valence-electron chi connectivity index (χ3n) is 4.07. The minimum atomic E-state index is 0.0716. The van der Waals surface area contributed by atoms with Crippen LogP contribution in [0.5, 0.6) is 0 Å². The molecule has 0 aromatic heterocycles. The summed E-state index contributed by atoms with van der Waals surface area (Å²) < 4.78 is 0. The standard InChI is InChI=1S/C15H18N2O2/c1-9-7-13(9)15(19)16-12-3-4-14-11(8-12)5-6-17(14)10(2)18/h3-4,8-9,13H,5-7H2,1-2H3,(H,16,19)/t9-,13+/m0/s1. The summed E-state index contributed by atoms with van der Waals surface area (Å²) in [6.07, 6.45) is 1.85. The van der Waals surface area contributed by atoms with E-state index in [1.165, 1.54) is 0 Å². The molecule has 0 radical (unpaired) electrons. The monoisotopic (exact) mass is 258 g/mol. The van der Waals surface area contributed by atoms with Gasteiger partial charge < -0.3 is 10.2 Å². The number of amides is 2. The average molecular weight is 258 g/mol. The molecule has 0 saturated heterocycles. The largest absolute Gasteiger partial charge is 0.326 e. The second kappa shape index (κ2) is 4.37. The average Bonchev–Trinajstić information content (AvgIpc) is 2.95. The van der Waals surface area contributed by atoms with Crippen molar-refractivity contribution in [3.05, 3.63) is 23.8 Å². The Morgan fingerprint density at radius 3 is 2.74 bits per heavy atom. The van der Waals surface area contributed by atoms with Crippen LogP contribution in [0.1, 0.15) is 25.8 Å². The normalized spacial score (nSPS) is 24.0. The van der Waals surface area contributed by atoms with Crippen molar-refractivity contribution >= 4 is 23.2 Å². The summed E-state index contributed by atoms with van der Waals surface area (Å²) in [4.78, 5) is 25.1. The predicted octanol–water partition coefficient (Wildman–Crippen LogP) is 2.19. The highest BCUT2D eigenvalue weighted by atomic mass is 16.2. The molecule has 2 atom stereocenters. The Bertz CT molecular complexity index is 553. The highest BCUT2D eigenvalue weighted by Gasteiger charge is 2.39. The third-order valence-corrected chi connectivity index (χ3v) is 4.07. The maximum Gasteiger partial charge on any atom is 0.227 e. The first kappa shape index (κ1) is 12.2. The number of rotatable bonds is 2. The summed E-state index contributed by atoms with van der Waals surface area (Å²) in [6.45, 7) is 4.42. The third kappa shape index (κ3) is 2.23. The van der Waals surface area contributed by atoms with E-state index in [9.17, 15) is 9.59 Å². The lowest BCUT2D eigenvalue weighted by atomic mass is 10.1. The first-order valence-corrected chi connectivity index (χ1v) is 6.78. The van der Waals surface area contributed by atoms with Crippen molar-refractivity contribution < 1.29 is 9.59 Å². The molecule has 100 valence electrons. The topological polar surface area (TPSA) is 49.4 Å². The molecule has 4 nitrogen and oxygen atoms in total. The number of hydrogen-bond acceptors (Lipinski definition) is 2. The van der Waals surface area contributed by atoms with Gasteiger partial charge in [-0.25, -0.2) is 0 Å². The Hall–Kier alpha value is -1.84. The molecule has 1 N–H and O–H groups in total. The second-order valence-corrected chi connectivity index (χ2v) is 5.57. The molecule has 19 heavy (non-hydrogen) atoms. The minimum Gasteiger partial charge on any atom is -0.326 e. The molecule has 2 aliphatic rings. The lowest BCUT2D eigenvalue weighted by molar-refractivity contribution is -0.118. The smallest absolute Gasteiger partial charge is 0.227 e. The van der Waals surface area contributed by atoms with E-state index in [4.69, 9.17) is 0 Å². The van der Waals surface area contributed by atoms with Crippen molar-refractivity contribution in [1.29, 1.82) is 0 Å². The van der Waals surface area contributed by atoms with Gasteiger partial charge in [0, 0.05) is 30.8 Å². The Kier molecular flexibility index (Phi) is 2.81. The Morgan fingerprint density at radius 2 is 2.11 bits per heavy atom. The van der Waals surface area contributed by atoms with Gasteiger partial charge in [0.25, 0.3) is 0 Å². The predicted molar refractivity (Wildman–Crippen MR) is 74.1 cm³/mol. The fraction of sp³-hybridized carbons (Fsp3) is 0.467. The lowest BCUT2D eigenvalue weighted by Crippen LogP contribution is -2.25. The summed E-state index contributed by atoms with van der Waals surface area (Å²) in [7, 11) is 0. The van der Waals surface area contributed by atoms with Crippen LogP contribution in [0.2, 0.25) is 0 Å². The van der Waals surface area contributed by atoms with Crippen molar-refractivity contribution in [2.45, 2.75) is 26.7 Å². The van der Waals surface area contributed by atoms with Crippen molar-refractivity contribution in [2.75, 3.05) is 16.8 Å². The van der Waals surface area contributed by atoms with E-state index < -0.39 is 0 Å². The van der Waals surface area contributed by atoms with Crippen LogP contribution in [-0.4, -0.2) is 18.4 Å². The molecule has 1 aromatic rings. The molecule has 1 aromatic carbocycles. The number of hydrogen-bond donors (Lipinski definition) is 1. The summed E-state index contributed by atoms with van der Waals surface area (Å²) in [6, 6.07) is 5.80. The summed E-state index contributed by atoms with van der Waals surface area (Å²) in [5.74, 6) is 0.890. The van der Waals surface area contributed by atoms with Gasteiger partial charge in [-0.2, -0.15) is 0 Å². The molecule has 2 amide bonds. The number of fused-ring (bicyclic) bond motifs is 1. The van der Waals surface area contributed by atoms with Crippen molar-refractivity contribution in [2.24, 2.45) is 11.8 Å². The van der Waals surface area contributed by atoms with Gasteiger partial charge in [-0.3, -0.25) is 9.59 Å². The lowest BCUT2D eigenvalue weighted by Gasteiger charge is -2.15. The van der Waals surface area contributed by atoms with E-state index in [0.29, 0.717) is 5.92 Å². The maximum absolute atomic E-state index is 11.9. The zero-order valence-corrected chi connectivity index (χ0v) is 11.3. The first-order valence-electron chi connectivity index (χ1n) is 6.78. The SMILES string of the molecule is CC(=O)N1CCc2cc(NC(=O)[C@@H]3C[C@@H]3C)ccc21. The fourth-order valence-electron chi connectivity index (χ4n) is 2.73. The molecule has 1 fully saturated rings. The van der Waals surface area contributed by atoms with Gasteiger partial charge in [-0.05, 0) is 42.5 Å². The number of nitrogens with zero attached hydrogens (tertiary/aromatic N) is 1. The highest BCUT2D eigenvalue weighted by molar-refractivity contribution is 5.96. The van der Waals surface area contributed by atoms with Gasteiger partial charge >= 0.3 is 0 Å². The van der Waals surface area contributed by atoms with Crippen LogP contribution >= 0.6 is 0 Å². The Balaban J connectivity index is 1.76. The summed E-state index contributed by atoms with van der Waals surface area (Å²) >= 11 is 0. The van der Waals surface area contributed by atoms with E-state index in [-0.39, 0.29) is 17.7 Å². The molecular formula is C15H18N2O2. The number of benzene rings is 1. The van der Waals surface area contributed by atoms with E-state index in [0.717, 1.165) is 36.3 Å². The van der Waals surface area contributed by atoms with Crippen LogP contribution in [0.15, 0.2) is 18.2 Å². The summed E-state index contributed by atoms with van der Waals surface area (Å²) in [5.41, 5.74) is 2.95. The van der Waals surface area contributed by atoms with E-state index in [1.54, 1.807) is 11.8 Å². The second-order valence-electron chi connectivity index (χ2n) is 5.57. The molecular weight excluding hydrogens is 240 g/mol. The number of carbonyl (C=O) groups excluding carboxylic acids is 2. The van der Waals surface area contributed by atoms with Crippen LogP contribution in [0, 0.1) is 11.8 Å². The van der Waals surface area contributed by atoms with Gasteiger partial charge in [-0.1, -0.05) is 6.92 Å². The number of anilines is 2. The molecule has 0 spiro atoms. The van der Waals surface area contributed by atoms with Gasteiger partial charge in [0.15, 0.2) is 0 Å². The Labute approximate surface area is 112 Å². The molecule has 4 heteroatoms. The minimum absolute atomic E-state index is 0.0716. The fourth-order valence-corrected chi connectivity index (χ4v) is 2.73. The molecule has 1 aliphatic heterocycles. The Morgan fingerprint density at radius 1 is 1.37 bits per heavy atom.